The molecule has 2 heterocycles. The van der Waals surface area contributed by atoms with Crippen LogP contribution in [0.25, 0.3) is 0 Å². The molecule has 3 rings (SSSR count). The Morgan fingerprint density at radius 1 is 1.18 bits per heavy atom. The van der Waals surface area contributed by atoms with Crippen molar-refractivity contribution in [1.82, 2.24) is 10.2 Å². The summed E-state index contributed by atoms with van der Waals surface area (Å²) in [6, 6.07) is 8.70. The molecular formula is C16H22N2O3S. The minimum atomic E-state index is -3.31. The second-order valence-electron chi connectivity index (χ2n) is 6.08. The second-order valence-corrected chi connectivity index (χ2v) is 8.31. The van der Waals surface area contributed by atoms with Crippen molar-refractivity contribution < 1.29 is 13.2 Å². The smallest absolute Gasteiger partial charge is 0.317 e. The molecule has 6 heteroatoms. The Morgan fingerprint density at radius 3 is 2.32 bits per heavy atom. The molecule has 1 aromatic rings. The highest BCUT2D eigenvalue weighted by Gasteiger charge is 2.47. The quantitative estimate of drug-likeness (QED) is 0.927. The molecule has 2 aliphatic rings. The summed E-state index contributed by atoms with van der Waals surface area (Å²) in [6.07, 6.45) is 2.90. The van der Waals surface area contributed by atoms with Crippen LogP contribution >= 0.6 is 0 Å². The largest absolute Gasteiger partial charge is 0.338 e. The van der Waals surface area contributed by atoms with Crippen LogP contribution in [-0.2, 0) is 9.84 Å². The average molecular weight is 322 g/mol. The third-order valence-electron chi connectivity index (χ3n) is 4.76. The van der Waals surface area contributed by atoms with Crippen molar-refractivity contribution in [2.45, 2.75) is 54.8 Å². The van der Waals surface area contributed by atoms with Crippen molar-refractivity contribution in [2.24, 2.45) is 0 Å². The van der Waals surface area contributed by atoms with Crippen LogP contribution in [0.5, 0.6) is 0 Å². The molecule has 2 bridgehead atoms. The van der Waals surface area contributed by atoms with E-state index in [4.69, 9.17) is 0 Å². The summed E-state index contributed by atoms with van der Waals surface area (Å²) >= 11 is 0. The molecule has 120 valence electrons. The van der Waals surface area contributed by atoms with Crippen molar-refractivity contribution in [3.05, 3.63) is 30.3 Å². The highest BCUT2D eigenvalue weighted by Crippen LogP contribution is 2.39. The highest BCUT2D eigenvalue weighted by atomic mass is 32.2. The first-order valence-electron chi connectivity index (χ1n) is 7.89. The standard InChI is InChI=1S/C16H22N2O3S/c1-2-17-16(19)18-12-8-9-13(18)11-15(10-12)22(20,21)14-6-4-3-5-7-14/h3-7,12-13,15H,2,8-11H2,1H3,(H,17,19). The number of hydrogen-bond donors (Lipinski definition) is 1. The number of hydrogen-bond acceptors (Lipinski definition) is 3. The van der Waals surface area contributed by atoms with Crippen molar-refractivity contribution >= 4 is 15.9 Å². The van der Waals surface area contributed by atoms with Gasteiger partial charge in [-0.2, -0.15) is 0 Å². The van der Waals surface area contributed by atoms with Gasteiger partial charge in [-0.25, -0.2) is 13.2 Å². The lowest BCUT2D eigenvalue weighted by Gasteiger charge is -2.38. The molecule has 0 radical (unpaired) electrons. The summed E-state index contributed by atoms with van der Waals surface area (Å²) in [5, 5.41) is 2.46. The van der Waals surface area contributed by atoms with Gasteiger partial charge in [-0.15, -0.1) is 0 Å². The van der Waals surface area contributed by atoms with Crippen LogP contribution in [-0.4, -0.2) is 43.2 Å². The summed E-state index contributed by atoms with van der Waals surface area (Å²) in [5.74, 6) is 0. The maximum atomic E-state index is 12.8. The number of rotatable bonds is 3. The van der Waals surface area contributed by atoms with Crippen LogP contribution in [0.3, 0.4) is 0 Å². The first kappa shape index (κ1) is 15.3. The summed E-state index contributed by atoms with van der Waals surface area (Å²) in [7, 11) is -3.31. The van der Waals surface area contributed by atoms with E-state index in [0.717, 1.165) is 12.8 Å². The van der Waals surface area contributed by atoms with Gasteiger partial charge in [0, 0.05) is 18.6 Å². The van der Waals surface area contributed by atoms with Crippen LogP contribution < -0.4 is 5.32 Å². The molecule has 5 nitrogen and oxygen atoms in total. The Hall–Kier alpha value is -1.56. The molecule has 1 aromatic carbocycles. The fraction of sp³-hybridized carbons (Fsp3) is 0.562. The molecule has 0 aliphatic carbocycles. The highest BCUT2D eigenvalue weighted by molar-refractivity contribution is 7.92. The minimum Gasteiger partial charge on any atom is -0.338 e. The van der Waals surface area contributed by atoms with E-state index in [1.165, 1.54) is 0 Å². The van der Waals surface area contributed by atoms with Gasteiger partial charge in [-0.3, -0.25) is 0 Å². The van der Waals surface area contributed by atoms with Crippen LogP contribution in [0.4, 0.5) is 4.79 Å². The molecule has 2 atom stereocenters. The zero-order valence-electron chi connectivity index (χ0n) is 12.7. The number of benzene rings is 1. The number of nitrogens with zero attached hydrogens (tertiary/aromatic N) is 1. The van der Waals surface area contributed by atoms with E-state index in [1.54, 1.807) is 24.3 Å². The number of carbonyl (C=O) groups excluding carboxylic acids is 1. The number of amides is 2. The van der Waals surface area contributed by atoms with Gasteiger partial charge in [0.1, 0.15) is 0 Å². The third-order valence-corrected chi connectivity index (χ3v) is 6.95. The van der Waals surface area contributed by atoms with Gasteiger partial charge in [0.25, 0.3) is 0 Å². The zero-order chi connectivity index (χ0) is 15.7. The summed E-state index contributed by atoms with van der Waals surface area (Å²) in [4.78, 5) is 14.4. The molecule has 2 saturated heterocycles. The first-order valence-corrected chi connectivity index (χ1v) is 9.43. The molecule has 0 saturated carbocycles. The average Bonchev–Trinajstić information content (AvgIpc) is 2.78. The third kappa shape index (κ3) is 2.60. The zero-order valence-corrected chi connectivity index (χ0v) is 13.6. The van der Waals surface area contributed by atoms with Crippen LogP contribution in [0.1, 0.15) is 32.6 Å². The topological polar surface area (TPSA) is 66.5 Å². The van der Waals surface area contributed by atoms with Gasteiger partial charge in [0.2, 0.25) is 0 Å². The van der Waals surface area contributed by atoms with Crippen LogP contribution in [0.15, 0.2) is 35.2 Å². The van der Waals surface area contributed by atoms with E-state index in [0.29, 0.717) is 24.3 Å². The molecule has 1 N–H and O–H groups in total. The summed E-state index contributed by atoms with van der Waals surface area (Å²) < 4.78 is 25.6. The number of sulfone groups is 1. The first-order chi connectivity index (χ1) is 10.5. The number of carbonyl (C=O) groups is 1. The van der Waals surface area contributed by atoms with E-state index in [1.807, 2.05) is 17.9 Å². The molecule has 0 spiro atoms. The van der Waals surface area contributed by atoms with Crippen molar-refractivity contribution in [1.29, 1.82) is 0 Å². The Bertz CT molecular complexity index is 631. The van der Waals surface area contributed by atoms with Crippen LogP contribution in [0, 0.1) is 0 Å². The van der Waals surface area contributed by atoms with E-state index < -0.39 is 9.84 Å². The second kappa shape index (κ2) is 5.91. The fourth-order valence-electron chi connectivity index (χ4n) is 3.76. The molecule has 2 unspecified atom stereocenters. The predicted octanol–water partition coefficient (Wildman–Crippen LogP) is 2.19. The molecule has 22 heavy (non-hydrogen) atoms. The van der Waals surface area contributed by atoms with Crippen molar-refractivity contribution in [2.75, 3.05) is 6.54 Å². The monoisotopic (exact) mass is 322 g/mol. The van der Waals surface area contributed by atoms with E-state index in [-0.39, 0.29) is 23.4 Å². The molecular weight excluding hydrogens is 300 g/mol. The maximum Gasteiger partial charge on any atom is 0.317 e. The predicted molar refractivity (Wildman–Crippen MR) is 84.4 cm³/mol. The van der Waals surface area contributed by atoms with E-state index in [2.05, 4.69) is 5.32 Å². The number of piperidine rings is 1. The fourth-order valence-corrected chi connectivity index (χ4v) is 5.63. The molecule has 2 amide bonds. The Morgan fingerprint density at radius 2 is 1.77 bits per heavy atom. The summed E-state index contributed by atoms with van der Waals surface area (Å²) in [5.41, 5.74) is 0. The summed E-state index contributed by atoms with van der Waals surface area (Å²) in [6.45, 7) is 2.49. The van der Waals surface area contributed by atoms with Crippen molar-refractivity contribution in [3.8, 4) is 0 Å². The number of fused-ring (bicyclic) bond motifs is 2. The van der Waals surface area contributed by atoms with Crippen LogP contribution in [0.2, 0.25) is 0 Å². The van der Waals surface area contributed by atoms with Gasteiger partial charge in [0.15, 0.2) is 9.84 Å². The molecule has 2 fully saturated rings. The lowest BCUT2D eigenvalue weighted by atomic mass is 10.0. The SMILES string of the molecule is CCNC(=O)N1C2CCC1CC(S(=O)(=O)c1ccccc1)C2. The van der Waals surface area contributed by atoms with Gasteiger partial charge in [-0.05, 0) is 44.7 Å². The lowest BCUT2D eigenvalue weighted by molar-refractivity contribution is 0.148. The van der Waals surface area contributed by atoms with Gasteiger partial charge in [-0.1, -0.05) is 18.2 Å². The van der Waals surface area contributed by atoms with Gasteiger partial charge < -0.3 is 10.2 Å². The van der Waals surface area contributed by atoms with E-state index in [9.17, 15) is 13.2 Å². The molecule has 2 aliphatic heterocycles. The van der Waals surface area contributed by atoms with Gasteiger partial charge >= 0.3 is 6.03 Å². The Labute approximate surface area is 131 Å². The lowest BCUT2D eigenvalue weighted by Crippen LogP contribution is -2.53. The van der Waals surface area contributed by atoms with Gasteiger partial charge in [0.05, 0.1) is 10.1 Å². The Kier molecular flexibility index (Phi) is 4.12. The molecule has 0 aromatic heterocycles. The number of urea groups is 1. The normalized spacial score (nSPS) is 27.7. The Balaban J connectivity index is 1.80. The van der Waals surface area contributed by atoms with Crippen molar-refractivity contribution in [3.63, 3.8) is 0 Å². The minimum absolute atomic E-state index is 0.0498. The number of nitrogens with one attached hydrogen (secondary N) is 1. The van der Waals surface area contributed by atoms with E-state index >= 15 is 0 Å². The maximum absolute atomic E-state index is 12.8.